The van der Waals surface area contributed by atoms with E-state index in [9.17, 15) is 19.5 Å². The molecule has 8 heteroatoms. The van der Waals surface area contributed by atoms with Crippen LogP contribution in [0.2, 0.25) is 0 Å². The van der Waals surface area contributed by atoms with E-state index in [1.807, 2.05) is 0 Å². The molecule has 3 N–H and O–H groups in total. The van der Waals surface area contributed by atoms with Gasteiger partial charge in [0.25, 0.3) is 5.91 Å². The van der Waals surface area contributed by atoms with Crippen LogP contribution in [0.15, 0.2) is 36.4 Å². The Hall–Kier alpha value is -3.55. The Labute approximate surface area is 149 Å². The van der Waals surface area contributed by atoms with E-state index in [4.69, 9.17) is 14.6 Å². The van der Waals surface area contributed by atoms with Crippen molar-refractivity contribution in [3.8, 4) is 11.5 Å². The summed E-state index contributed by atoms with van der Waals surface area (Å²) in [5, 5.41) is 20.7. The normalized spacial score (nSPS) is 10.1. The zero-order valence-electron chi connectivity index (χ0n) is 14.1. The van der Waals surface area contributed by atoms with E-state index in [2.05, 4.69) is 5.32 Å². The molecule has 136 valence electrons. The highest BCUT2D eigenvalue weighted by Gasteiger charge is 2.20. The number of ether oxygens (including phenoxy) is 2. The molecule has 0 spiro atoms. The average Bonchev–Trinajstić information content (AvgIpc) is 2.61. The minimum Gasteiger partial charge on any atom is -0.493 e. The summed E-state index contributed by atoms with van der Waals surface area (Å²) in [4.78, 5) is 35.0. The molecule has 26 heavy (non-hydrogen) atoms. The molecule has 0 atom stereocenters. The van der Waals surface area contributed by atoms with Crippen LogP contribution in [0.25, 0.3) is 0 Å². The molecular weight excluding hydrogens is 342 g/mol. The number of benzene rings is 2. The number of amides is 1. The number of hydrogen-bond donors (Lipinski definition) is 3. The van der Waals surface area contributed by atoms with Crippen molar-refractivity contribution in [1.82, 2.24) is 0 Å². The molecule has 0 unspecified atom stereocenters. The van der Waals surface area contributed by atoms with Crippen molar-refractivity contribution in [1.29, 1.82) is 0 Å². The predicted molar refractivity (Wildman–Crippen MR) is 92.5 cm³/mol. The number of carbonyl (C=O) groups is 3. The fourth-order valence-electron chi connectivity index (χ4n) is 2.30. The lowest BCUT2D eigenvalue weighted by Crippen LogP contribution is -2.17. The summed E-state index contributed by atoms with van der Waals surface area (Å²) >= 11 is 0. The maximum atomic E-state index is 12.6. The number of hydrogen-bond acceptors (Lipinski definition) is 5. The second-order valence-corrected chi connectivity index (χ2v) is 5.09. The summed E-state index contributed by atoms with van der Waals surface area (Å²) in [6.07, 6.45) is 0. The fraction of sp³-hybridized carbons (Fsp3) is 0.167. The number of rotatable bonds is 7. The van der Waals surface area contributed by atoms with Crippen molar-refractivity contribution in [2.75, 3.05) is 19.0 Å². The topological polar surface area (TPSA) is 122 Å². The van der Waals surface area contributed by atoms with Crippen molar-refractivity contribution in [3.63, 3.8) is 0 Å². The van der Waals surface area contributed by atoms with E-state index in [0.717, 1.165) is 6.07 Å². The highest BCUT2D eigenvalue weighted by molar-refractivity contribution is 6.10. The molecule has 0 saturated heterocycles. The third kappa shape index (κ3) is 3.92. The fourth-order valence-corrected chi connectivity index (χ4v) is 2.30. The molecule has 0 heterocycles. The molecule has 1 amide bonds. The van der Waals surface area contributed by atoms with Crippen molar-refractivity contribution in [2.24, 2.45) is 0 Å². The number of para-hydroxylation sites is 1. The van der Waals surface area contributed by atoms with E-state index in [1.54, 1.807) is 19.1 Å². The number of methoxy groups -OCH3 is 1. The minimum absolute atomic E-state index is 0.0298. The first-order valence-corrected chi connectivity index (χ1v) is 7.60. The van der Waals surface area contributed by atoms with Gasteiger partial charge in [0.15, 0.2) is 11.5 Å². The first-order chi connectivity index (χ1) is 12.4. The third-order valence-corrected chi connectivity index (χ3v) is 3.48. The molecule has 0 aliphatic heterocycles. The Kier molecular flexibility index (Phi) is 5.79. The molecule has 0 radical (unpaired) electrons. The van der Waals surface area contributed by atoms with Gasteiger partial charge in [0.1, 0.15) is 0 Å². The van der Waals surface area contributed by atoms with Crippen LogP contribution in [-0.4, -0.2) is 41.8 Å². The summed E-state index contributed by atoms with van der Waals surface area (Å²) in [6, 6.07) is 8.16. The number of carbonyl (C=O) groups excluding carboxylic acids is 1. The lowest BCUT2D eigenvalue weighted by Gasteiger charge is -2.15. The third-order valence-electron chi connectivity index (χ3n) is 3.48. The number of carboxylic acid groups (broad SMARTS) is 2. The molecule has 0 saturated carbocycles. The first-order valence-electron chi connectivity index (χ1n) is 7.60. The van der Waals surface area contributed by atoms with Gasteiger partial charge in [0, 0.05) is 0 Å². The lowest BCUT2D eigenvalue weighted by molar-refractivity contribution is 0.0696. The van der Waals surface area contributed by atoms with Crippen molar-refractivity contribution >= 4 is 23.5 Å². The van der Waals surface area contributed by atoms with Crippen molar-refractivity contribution in [3.05, 3.63) is 53.1 Å². The van der Waals surface area contributed by atoms with Gasteiger partial charge in [-0.25, -0.2) is 9.59 Å². The molecule has 0 aliphatic carbocycles. The first kappa shape index (κ1) is 18.8. The number of nitrogens with one attached hydrogen (secondary N) is 1. The molecule has 0 aromatic heterocycles. The van der Waals surface area contributed by atoms with Gasteiger partial charge >= 0.3 is 11.9 Å². The van der Waals surface area contributed by atoms with Crippen LogP contribution in [0.1, 0.15) is 38.0 Å². The number of aromatic carboxylic acids is 2. The number of carboxylic acids is 2. The van der Waals surface area contributed by atoms with Gasteiger partial charge in [-0.2, -0.15) is 0 Å². The van der Waals surface area contributed by atoms with Gasteiger partial charge in [-0.3, -0.25) is 4.79 Å². The predicted octanol–water partition coefficient (Wildman–Crippen LogP) is 2.74. The molecule has 0 bridgehead atoms. The van der Waals surface area contributed by atoms with Gasteiger partial charge in [-0.15, -0.1) is 0 Å². The van der Waals surface area contributed by atoms with E-state index in [0.29, 0.717) is 12.4 Å². The van der Waals surface area contributed by atoms with E-state index >= 15 is 0 Å². The second kappa shape index (κ2) is 8.02. The van der Waals surface area contributed by atoms with E-state index in [1.165, 1.54) is 25.3 Å². The van der Waals surface area contributed by atoms with Crippen molar-refractivity contribution in [2.45, 2.75) is 6.92 Å². The van der Waals surface area contributed by atoms with Gasteiger partial charge in [-0.1, -0.05) is 6.07 Å². The Morgan fingerprint density at radius 1 is 1.04 bits per heavy atom. The average molecular weight is 359 g/mol. The van der Waals surface area contributed by atoms with Crippen LogP contribution in [0, 0.1) is 0 Å². The van der Waals surface area contributed by atoms with E-state index in [-0.39, 0.29) is 28.1 Å². The van der Waals surface area contributed by atoms with Crippen LogP contribution in [-0.2, 0) is 0 Å². The van der Waals surface area contributed by atoms with Crippen LogP contribution in [0.5, 0.6) is 11.5 Å². The highest BCUT2D eigenvalue weighted by atomic mass is 16.5. The molecule has 0 fully saturated rings. The van der Waals surface area contributed by atoms with Crippen LogP contribution >= 0.6 is 0 Å². The standard InChI is InChI=1S/C18H17NO7/c1-3-26-15-11(5-4-6-14(15)25-2)16(20)19-13-8-7-10(17(21)22)9-12(13)18(23)24/h4-9H,3H2,1-2H3,(H,19,20)(H,21,22)(H,23,24). The molecule has 2 aromatic carbocycles. The summed E-state index contributed by atoms with van der Waals surface area (Å²) in [6.45, 7) is 2.05. The van der Waals surface area contributed by atoms with Gasteiger partial charge in [0.2, 0.25) is 0 Å². The number of anilines is 1. The SMILES string of the molecule is CCOc1c(OC)cccc1C(=O)Nc1ccc(C(=O)O)cc1C(=O)O. The molecule has 8 nitrogen and oxygen atoms in total. The molecule has 2 aromatic rings. The summed E-state index contributed by atoms with van der Waals surface area (Å²) in [5.41, 5.74) is -0.404. The van der Waals surface area contributed by atoms with Crippen LogP contribution in [0.3, 0.4) is 0 Å². The highest BCUT2D eigenvalue weighted by Crippen LogP contribution is 2.32. The smallest absolute Gasteiger partial charge is 0.337 e. The van der Waals surface area contributed by atoms with Gasteiger partial charge in [-0.05, 0) is 37.3 Å². The molecular formula is C18H17NO7. The van der Waals surface area contributed by atoms with E-state index < -0.39 is 17.8 Å². The summed E-state index contributed by atoms with van der Waals surface area (Å²) in [7, 11) is 1.44. The second-order valence-electron chi connectivity index (χ2n) is 5.09. The van der Waals surface area contributed by atoms with Gasteiger partial charge in [0.05, 0.1) is 36.1 Å². The minimum atomic E-state index is -1.36. The van der Waals surface area contributed by atoms with Gasteiger partial charge < -0.3 is 25.0 Å². The lowest BCUT2D eigenvalue weighted by atomic mass is 10.1. The monoisotopic (exact) mass is 359 g/mol. The zero-order chi connectivity index (χ0) is 19.3. The van der Waals surface area contributed by atoms with Crippen LogP contribution in [0.4, 0.5) is 5.69 Å². The largest absolute Gasteiger partial charge is 0.493 e. The molecule has 0 aliphatic rings. The maximum absolute atomic E-state index is 12.6. The Morgan fingerprint density at radius 2 is 1.77 bits per heavy atom. The van der Waals surface area contributed by atoms with Crippen LogP contribution < -0.4 is 14.8 Å². The van der Waals surface area contributed by atoms with Crippen molar-refractivity contribution < 1.29 is 34.1 Å². The Balaban J connectivity index is 2.42. The summed E-state index contributed by atoms with van der Waals surface area (Å²) < 4.78 is 10.6. The molecule has 2 rings (SSSR count). The Bertz CT molecular complexity index is 861. The quantitative estimate of drug-likeness (QED) is 0.695. The maximum Gasteiger partial charge on any atom is 0.337 e. The summed E-state index contributed by atoms with van der Waals surface area (Å²) in [5.74, 6) is -2.65. The Morgan fingerprint density at radius 3 is 2.35 bits per heavy atom. The zero-order valence-corrected chi connectivity index (χ0v) is 14.1.